The number of hydrogen-bond acceptors (Lipinski definition) is 3. The SMILES string of the molecule is O=S(=O)(Nc1cccc2ccccc12)c1ccc2c(c1)[C@H]1C=CC[C@@H]1[C@@H](c1ccccc1)N2. The number of anilines is 2. The number of rotatable bonds is 4. The van der Waals surface area contributed by atoms with Crippen molar-refractivity contribution in [1.82, 2.24) is 0 Å². The molecule has 4 aromatic rings. The fourth-order valence-corrected chi connectivity index (χ4v) is 6.36. The molecule has 6 rings (SSSR count). The molecule has 0 radical (unpaired) electrons. The number of nitrogens with one attached hydrogen (secondary N) is 2. The summed E-state index contributed by atoms with van der Waals surface area (Å²) in [5, 5.41) is 5.56. The molecule has 3 atom stereocenters. The zero-order valence-electron chi connectivity index (χ0n) is 18.0. The first-order chi connectivity index (χ1) is 16.1. The number of sulfonamides is 1. The minimum Gasteiger partial charge on any atom is -0.378 e. The van der Waals surface area contributed by atoms with Crippen molar-refractivity contribution in [2.24, 2.45) is 5.92 Å². The molecular formula is C28H24N2O2S. The summed E-state index contributed by atoms with van der Waals surface area (Å²) in [4.78, 5) is 0.285. The van der Waals surface area contributed by atoms with Crippen molar-refractivity contribution in [3.63, 3.8) is 0 Å². The zero-order chi connectivity index (χ0) is 22.4. The van der Waals surface area contributed by atoms with Crippen LogP contribution >= 0.6 is 0 Å². The van der Waals surface area contributed by atoms with Crippen LogP contribution in [0.2, 0.25) is 0 Å². The molecule has 0 bridgehead atoms. The second-order valence-electron chi connectivity index (χ2n) is 8.77. The maximum absolute atomic E-state index is 13.4. The van der Waals surface area contributed by atoms with Gasteiger partial charge in [0, 0.05) is 17.0 Å². The van der Waals surface area contributed by atoms with Gasteiger partial charge < -0.3 is 5.32 Å². The molecule has 0 fully saturated rings. The first-order valence-corrected chi connectivity index (χ1v) is 12.7. The zero-order valence-corrected chi connectivity index (χ0v) is 18.8. The Kier molecular flexibility index (Phi) is 4.73. The summed E-state index contributed by atoms with van der Waals surface area (Å²) in [5.74, 6) is 0.558. The largest absolute Gasteiger partial charge is 0.378 e. The first-order valence-electron chi connectivity index (χ1n) is 11.2. The van der Waals surface area contributed by atoms with Crippen LogP contribution in [0.1, 0.15) is 29.5 Å². The molecule has 164 valence electrons. The van der Waals surface area contributed by atoms with E-state index in [-0.39, 0.29) is 16.9 Å². The third-order valence-corrected chi connectivity index (χ3v) is 8.20. The van der Waals surface area contributed by atoms with Gasteiger partial charge in [0.2, 0.25) is 0 Å². The second-order valence-corrected chi connectivity index (χ2v) is 10.4. The number of allylic oxidation sites excluding steroid dienone is 2. The molecule has 0 amide bonds. The van der Waals surface area contributed by atoms with Crippen molar-refractivity contribution >= 4 is 32.2 Å². The van der Waals surface area contributed by atoms with Gasteiger partial charge in [-0.1, -0.05) is 78.9 Å². The van der Waals surface area contributed by atoms with Crippen molar-refractivity contribution in [1.29, 1.82) is 0 Å². The summed E-state index contributed by atoms with van der Waals surface area (Å²) in [6.45, 7) is 0. The van der Waals surface area contributed by atoms with Gasteiger partial charge in [0.25, 0.3) is 10.0 Å². The van der Waals surface area contributed by atoms with E-state index in [4.69, 9.17) is 0 Å². The Morgan fingerprint density at radius 3 is 2.52 bits per heavy atom. The standard InChI is InChI=1S/C28H24N2O2S/c31-33(32,30-27-15-6-11-19-8-4-5-12-22(19)27)21-16-17-26-25(18-21)23-13-7-14-24(23)28(29-26)20-9-2-1-3-10-20/h1-13,15-18,23-24,28-30H,14H2/t23-,24-,28+/m0/s1. The van der Waals surface area contributed by atoms with E-state index in [1.54, 1.807) is 12.1 Å². The van der Waals surface area contributed by atoms with Gasteiger partial charge >= 0.3 is 0 Å². The quantitative estimate of drug-likeness (QED) is 0.349. The van der Waals surface area contributed by atoms with E-state index < -0.39 is 10.0 Å². The van der Waals surface area contributed by atoms with Crippen molar-refractivity contribution in [3.8, 4) is 0 Å². The van der Waals surface area contributed by atoms with Crippen LogP contribution in [0.25, 0.3) is 10.8 Å². The van der Waals surface area contributed by atoms with Gasteiger partial charge in [-0.3, -0.25) is 4.72 Å². The maximum Gasteiger partial charge on any atom is 0.261 e. The van der Waals surface area contributed by atoms with Gasteiger partial charge in [-0.05, 0) is 53.1 Å². The third kappa shape index (κ3) is 3.49. The normalized spacial score (nSPS) is 21.3. The monoisotopic (exact) mass is 452 g/mol. The van der Waals surface area contributed by atoms with Crippen molar-refractivity contribution in [2.45, 2.75) is 23.3 Å². The molecule has 33 heavy (non-hydrogen) atoms. The lowest BCUT2D eigenvalue weighted by Gasteiger charge is -2.37. The summed E-state index contributed by atoms with van der Waals surface area (Å²) in [6, 6.07) is 29.6. The topological polar surface area (TPSA) is 58.2 Å². The van der Waals surface area contributed by atoms with Crippen LogP contribution in [-0.2, 0) is 10.0 Å². The first kappa shape index (κ1) is 20.1. The van der Waals surface area contributed by atoms with Crippen LogP contribution in [0.3, 0.4) is 0 Å². The lowest BCUT2D eigenvalue weighted by Crippen LogP contribution is -2.29. The molecule has 0 saturated heterocycles. The average molecular weight is 453 g/mol. The lowest BCUT2D eigenvalue weighted by molar-refractivity contribution is 0.425. The highest BCUT2D eigenvalue weighted by atomic mass is 32.2. The van der Waals surface area contributed by atoms with E-state index in [1.807, 2.05) is 54.6 Å². The van der Waals surface area contributed by atoms with Gasteiger partial charge in [-0.15, -0.1) is 0 Å². The van der Waals surface area contributed by atoms with Gasteiger partial charge in [0.15, 0.2) is 0 Å². The molecule has 4 aromatic carbocycles. The Labute approximate surface area is 194 Å². The van der Waals surface area contributed by atoms with Crippen molar-refractivity contribution < 1.29 is 8.42 Å². The molecule has 1 heterocycles. The summed E-state index contributed by atoms with van der Waals surface area (Å²) in [6.07, 6.45) is 5.42. The van der Waals surface area contributed by atoms with Crippen LogP contribution in [-0.4, -0.2) is 8.42 Å². The van der Waals surface area contributed by atoms with Gasteiger partial charge in [0.05, 0.1) is 16.6 Å². The fourth-order valence-electron chi connectivity index (χ4n) is 5.25. The summed E-state index contributed by atoms with van der Waals surface area (Å²) >= 11 is 0. The van der Waals surface area contributed by atoms with E-state index >= 15 is 0 Å². The summed E-state index contributed by atoms with van der Waals surface area (Å²) in [5.41, 5.74) is 3.89. The molecule has 2 aliphatic rings. The molecule has 0 unspecified atom stereocenters. The lowest BCUT2D eigenvalue weighted by atomic mass is 9.77. The molecule has 0 saturated carbocycles. The van der Waals surface area contributed by atoms with Crippen LogP contribution in [0.4, 0.5) is 11.4 Å². The van der Waals surface area contributed by atoms with Crippen molar-refractivity contribution in [3.05, 3.63) is 114 Å². The predicted octanol–water partition coefficient (Wildman–Crippen LogP) is 6.47. The Morgan fingerprint density at radius 2 is 1.64 bits per heavy atom. The Hall–Kier alpha value is -3.57. The van der Waals surface area contributed by atoms with E-state index in [9.17, 15) is 8.42 Å². The Morgan fingerprint density at radius 1 is 0.848 bits per heavy atom. The summed E-state index contributed by atoms with van der Waals surface area (Å²) < 4.78 is 29.5. The summed E-state index contributed by atoms with van der Waals surface area (Å²) in [7, 11) is -3.73. The van der Waals surface area contributed by atoms with Gasteiger partial charge in [-0.2, -0.15) is 0 Å². The van der Waals surface area contributed by atoms with E-state index in [0.717, 1.165) is 28.4 Å². The molecule has 2 N–H and O–H groups in total. The Bertz CT molecular complexity index is 1470. The maximum atomic E-state index is 13.4. The highest BCUT2D eigenvalue weighted by Gasteiger charge is 2.38. The molecule has 1 aliphatic carbocycles. The number of hydrogen-bond donors (Lipinski definition) is 2. The Balaban J connectivity index is 1.37. The second kappa shape index (κ2) is 7.78. The van der Waals surface area contributed by atoms with Gasteiger partial charge in [0.1, 0.15) is 0 Å². The number of fused-ring (bicyclic) bond motifs is 4. The van der Waals surface area contributed by atoms with E-state index in [2.05, 4.69) is 46.5 Å². The minimum atomic E-state index is -3.73. The van der Waals surface area contributed by atoms with Crippen LogP contribution in [0.5, 0.6) is 0 Å². The van der Waals surface area contributed by atoms with Gasteiger partial charge in [-0.25, -0.2) is 8.42 Å². The van der Waals surface area contributed by atoms with Crippen LogP contribution in [0, 0.1) is 5.92 Å². The third-order valence-electron chi connectivity index (χ3n) is 6.84. The van der Waals surface area contributed by atoms with Crippen LogP contribution < -0.4 is 10.0 Å². The molecule has 0 spiro atoms. The van der Waals surface area contributed by atoms with Crippen LogP contribution in [0.15, 0.2) is 108 Å². The van der Waals surface area contributed by atoms with Crippen molar-refractivity contribution in [2.75, 3.05) is 10.0 Å². The van der Waals surface area contributed by atoms with E-state index in [1.165, 1.54) is 5.56 Å². The fraction of sp³-hybridized carbons (Fsp3) is 0.143. The molecule has 5 heteroatoms. The molecule has 1 aliphatic heterocycles. The average Bonchev–Trinajstić information content (AvgIpc) is 3.34. The molecule has 4 nitrogen and oxygen atoms in total. The molecular weight excluding hydrogens is 428 g/mol. The predicted molar refractivity (Wildman–Crippen MR) is 134 cm³/mol. The highest BCUT2D eigenvalue weighted by molar-refractivity contribution is 7.92. The smallest absolute Gasteiger partial charge is 0.261 e. The highest BCUT2D eigenvalue weighted by Crippen LogP contribution is 2.50. The minimum absolute atomic E-state index is 0.194. The number of benzene rings is 4. The molecule has 0 aromatic heterocycles. The van der Waals surface area contributed by atoms with E-state index in [0.29, 0.717) is 11.6 Å².